The van der Waals surface area contributed by atoms with Crippen LogP contribution in [0.15, 0.2) is 83.8 Å². The first-order valence-electron chi connectivity index (χ1n) is 14.0. The van der Waals surface area contributed by atoms with Crippen molar-refractivity contribution in [1.29, 1.82) is 0 Å². The molecule has 9 heteroatoms. The molecule has 0 saturated carbocycles. The van der Waals surface area contributed by atoms with E-state index in [2.05, 4.69) is 5.32 Å². The number of hydrogen-bond acceptors (Lipinski definition) is 5. The second-order valence-corrected chi connectivity index (χ2v) is 12.2. The van der Waals surface area contributed by atoms with Gasteiger partial charge in [0, 0.05) is 13.1 Å². The molecule has 2 amide bonds. The Kier molecular flexibility index (Phi) is 11.3. The number of aryl methyl sites for hydroxylation is 1. The van der Waals surface area contributed by atoms with Crippen molar-refractivity contribution < 1.29 is 22.7 Å². The van der Waals surface area contributed by atoms with E-state index in [9.17, 15) is 18.0 Å². The van der Waals surface area contributed by atoms with Crippen LogP contribution in [0, 0.1) is 12.8 Å². The summed E-state index contributed by atoms with van der Waals surface area (Å²) < 4.78 is 34.6. The number of nitrogens with one attached hydrogen (secondary N) is 1. The summed E-state index contributed by atoms with van der Waals surface area (Å²) in [4.78, 5) is 28.9. The Morgan fingerprint density at radius 3 is 2.10 bits per heavy atom. The van der Waals surface area contributed by atoms with Crippen LogP contribution >= 0.6 is 0 Å². The van der Waals surface area contributed by atoms with Gasteiger partial charge in [0.2, 0.25) is 11.8 Å². The zero-order valence-corrected chi connectivity index (χ0v) is 25.4. The molecule has 3 aromatic rings. The predicted molar refractivity (Wildman–Crippen MR) is 162 cm³/mol. The molecule has 0 aromatic heterocycles. The Morgan fingerprint density at radius 2 is 1.54 bits per heavy atom. The van der Waals surface area contributed by atoms with E-state index in [4.69, 9.17) is 4.74 Å². The molecule has 0 heterocycles. The lowest BCUT2D eigenvalue weighted by molar-refractivity contribution is -0.140. The van der Waals surface area contributed by atoms with Gasteiger partial charge in [0.25, 0.3) is 10.0 Å². The minimum absolute atomic E-state index is 0.0705. The smallest absolute Gasteiger partial charge is 0.264 e. The molecule has 0 radical (unpaired) electrons. The van der Waals surface area contributed by atoms with Crippen LogP contribution in [0.3, 0.4) is 0 Å². The summed E-state index contributed by atoms with van der Waals surface area (Å²) in [6.45, 7) is 10.2. The van der Waals surface area contributed by atoms with Crippen molar-refractivity contribution in [2.75, 3.05) is 24.0 Å². The van der Waals surface area contributed by atoms with Crippen LogP contribution in [0.1, 0.15) is 45.2 Å². The number of amides is 2. The Morgan fingerprint density at radius 1 is 0.902 bits per heavy atom. The van der Waals surface area contributed by atoms with Crippen LogP contribution < -0.4 is 14.4 Å². The predicted octanol–water partition coefficient (Wildman–Crippen LogP) is 5.17. The third kappa shape index (κ3) is 8.57. The van der Waals surface area contributed by atoms with Gasteiger partial charge >= 0.3 is 0 Å². The maximum Gasteiger partial charge on any atom is 0.264 e. The van der Waals surface area contributed by atoms with Crippen molar-refractivity contribution in [3.05, 3.63) is 90.0 Å². The molecular formula is C32H41N3O5S. The number of carbonyl (C=O) groups excluding carboxylic acids is 2. The number of ether oxygens (including phenoxy) is 1. The minimum atomic E-state index is -4.13. The number of nitrogens with zero attached hydrogens (tertiary/aromatic N) is 2. The Labute approximate surface area is 244 Å². The van der Waals surface area contributed by atoms with Gasteiger partial charge in [-0.2, -0.15) is 0 Å². The van der Waals surface area contributed by atoms with Crippen molar-refractivity contribution in [2.45, 2.75) is 58.5 Å². The van der Waals surface area contributed by atoms with Crippen LogP contribution in [-0.4, -0.2) is 50.9 Å². The van der Waals surface area contributed by atoms with E-state index in [0.717, 1.165) is 15.4 Å². The number of anilines is 1. The van der Waals surface area contributed by atoms with Gasteiger partial charge in [0.1, 0.15) is 18.3 Å². The fourth-order valence-electron chi connectivity index (χ4n) is 4.36. The number of rotatable bonds is 14. The largest absolute Gasteiger partial charge is 0.494 e. The SMILES string of the molecule is CCOc1ccc(N(CC(=O)N(Cc2ccccc2)C(CC)C(=O)NCC(C)C)S(=O)(=O)c2ccc(C)cc2)cc1. The van der Waals surface area contributed by atoms with Gasteiger partial charge < -0.3 is 15.0 Å². The van der Waals surface area contributed by atoms with Crippen LogP contribution in [0.25, 0.3) is 0 Å². The summed E-state index contributed by atoms with van der Waals surface area (Å²) in [6.07, 6.45) is 0.371. The van der Waals surface area contributed by atoms with Gasteiger partial charge in [0.15, 0.2) is 0 Å². The third-order valence-electron chi connectivity index (χ3n) is 6.59. The van der Waals surface area contributed by atoms with Gasteiger partial charge in [-0.05, 0) is 68.1 Å². The maximum absolute atomic E-state index is 14.1. The van der Waals surface area contributed by atoms with Crippen LogP contribution in [-0.2, 0) is 26.2 Å². The Bertz CT molecular complexity index is 1380. The van der Waals surface area contributed by atoms with Crippen LogP contribution in [0.4, 0.5) is 5.69 Å². The van der Waals surface area contributed by atoms with Crippen molar-refractivity contribution in [3.63, 3.8) is 0 Å². The number of sulfonamides is 1. The molecule has 0 spiro atoms. The molecule has 3 aromatic carbocycles. The Balaban J connectivity index is 2.03. The molecule has 8 nitrogen and oxygen atoms in total. The summed E-state index contributed by atoms with van der Waals surface area (Å²) in [6, 6.07) is 21.7. The maximum atomic E-state index is 14.1. The zero-order valence-electron chi connectivity index (χ0n) is 24.5. The van der Waals surface area contributed by atoms with Crippen molar-refractivity contribution in [3.8, 4) is 5.75 Å². The third-order valence-corrected chi connectivity index (χ3v) is 8.38. The second kappa shape index (κ2) is 14.7. The van der Waals surface area contributed by atoms with Crippen LogP contribution in [0.5, 0.6) is 5.75 Å². The van der Waals surface area contributed by atoms with Crippen molar-refractivity contribution >= 4 is 27.5 Å². The second-order valence-electron chi connectivity index (χ2n) is 10.3. The molecule has 0 bridgehead atoms. The van der Waals surface area contributed by atoms with Crippen LogP contribution in [0.2, 0.25) is 0 Å². The van der Waals surface area contributed by atoms with E-state index >= 15 is 0 Å². The average molecular weight is 580 g/mol. The zero-order chi connectivity index (χ0) is 30.0. The molecule has 0 saturated heterocycles. The van der Waals surface area contributed by atoms with E-state index in [1.165, 1.54) is 17.0 Å². The normalized spacial score (nSPS) is 12.0. The highest BCUT2D eigenvalue weighted by Gasteiger charge is 2.33. The van der Waals surface area contributed by atoms with E-state index in [0.29, 0.717) is 31.0 Å². The molecule has 3 rings (SSSR count). The topological polar surface area (TPSA) is 96.0 Å². The number of benzene rings is 3. The quantitative estimate of drug-likeness (QED) is 0.284. The lowest BCUT2D eigenvalue weighted by atomic mass is 10.1. The molecule has 1 unspecified atom stereocenters. The van der Waals surface area contributed by atoms with E-state index < -0.39 is 28.5 Å². The molecule has 220 valence electrons. The van der Waals surface area contributed by atoms with Gasteiger partial charge in [-0.3, -0.25) is 13.9 Å². The van der Waals surface area contributed by atoms with Crippen molar-refractivity contribution in [1.82, 2.24) is 10.2 Å². The highest BCUT2D eigenvalue weighted by atomic mass is 32.2. The van der Waals surface area contributed by atoms with E-state index in [1.807, 2.05) is 65.0 Å². The molecule has 0 aliphatic heterocycles. The standard InChI is InChI=1S/C32H41N3O5S/c1-6-30(32(37)33-21-24(3)4)34(22-26-11-9-8-10-12-26)31(36)23-35(27-15-17-28(18-16-27)40-7-2)41(38,39)29-19-13-25(5)14-20-29/h8-20,24,30H,6-7,21-23H2,1-5H3,(H,33,37). The summed E-state index contributed by atoms with van der Waals surface area (Å²) in [7, 11) is -4.13. The number of carbonyl (C=O) groups is 2. The van der Waals surface area contributed by atoms with E-state index in [-0.39, 0.29) is 23.3 Å². The summed E-state index contributed by atoms with van der Waals surface area (Å²) in [5, 5.41) is 2.94. The van der Waals surface area contributed by atoms with Gasteiger partial charge in [-0.1, -0.05) is 68.8 Å². The van der Waals surface area contributed by atoms with Crippen molar-refractivity contribution in [2.24, 2.45) is 5.92 Å². The molecule has 1 N–H and O–H groups in total. The molecule has 0 aliphatic carbocycles. The summed E-state index contributed by atoms with van der Waals surface area (Å²) >= 11 is 0. The first-order chi connectivity index (χ1) is 19.6. The summed E-state index contributed by atoms with van der Waals surface area (Å²) in [5.41, 5.74) is 2.07. The summed E-state index contributed by atoms with van der Waals surface area (Å²) in [5.74, 6) is 0.0860. The lowest BCUT2D eigenvalue weighted by Gasteiger charge is -2.33. The van der Waals surface area contributed by atoms with Gasteiger partial charge in [0.05, 0.1) is 17.2 Å². The molecule has 1 atom stereocenters. The average Bonchev–Trinajstić information content (AvgIpc) is 2.96. The lowest BCUT2D eigenvalue weighted by Crippen LogP contribution is -2.52. The van der Waals surface area contributed by atoms with Gasteiger partial charge in [-0.15, -0.1) is 0 Å². The molecular weight excluding hydrogens is 538 g/mol. The Hall–Kier alpha value is -3.85. The fourth-order valence-corrected chi connectivity index (χ4v) is 5.78. The number of hydrogen-bond donors (Lipinski definition) is 1. The molecule has 41 heavy (non-hydrogen) atoms. The fraction of sp³-hybridized carbons (Fsp3) is 0.375. The minimum Gasteiger partial charge on any atom is -0.494 e. The highest BCUT2D eigenvalue weighted by molar-refractivity contribution is 7.92. The first-order valence-corrected chi connectivity index (χ1v) is 15.4. The molecule has 0 fully saturated rings. The van der Waals surface area contributed by atoms with Gasteiger partial charge in [-0.25, -0.2) is 8.42 Å². The first kappa shape index (κ1) is 31.7. The highest BCUT2D eigenvalue weighted by Crippen LogP contribution is 2.27. The molecule has 0 aliphatic rings. The van der Waals surface area contributed by atoms with E-state index in [1.54, 1.807) is 36.4 Å². The monoisotopic (exact) mass is 579 g/mol.